The molecule has 0 saturated heterocycles. The molecule has 0 saturated carbocycles. The molecule has 4 rings (SSSR count). The minimum Gasteiger partial charge on any atom is -0.383 e. The van der Waals surface area contributed by atoms with Crippen molar-refractivity contribution >= 4 is 23.1 Å². The normalized spacial score (nSPS) is 16.5. The Kier molecular flexibility index (Phi) is 4.54. The Labute approximate surface area is 158 Å². The first kappa shape index (κ1) is 17.5. The van der Waals surface area contributed by atoms with Crippen molar-refractivity contribution < 1.29 is 14.3 Å². The molecule has 5 heteroatoms. The van der Waals surface area contributed by atoms with Gasteiger partial charge in [0.25, 0.3) is 11.8 Å². The van der Waals surface area contributed by atoms with Crippen LogP contribution in [0.2, 0.25) is 0 Å². The zero-order valence-electron chi connectivity index (χ0n) is 15.6. The van der Waals surface area contributed by atoms with Gasteiger partial charge in [0.1, 0.15) is 5.70 Å². The second-order valence-electron chi connectivity index (χ2n) is 6.87. The quantitative estimate of drug-likeness (QED) is 0.768. The molecule has 0 aliphatic carbocycles. The number of amides is 2. The Morgan fingerprint density at radius 3 is 2.48 bits per heavy atom. The number of carbonyl (C=O) groups is 2. The van der Waals surface area contributed by atoms with Crippen LogP contribution in [0.4, 0.5) is 5.69 Å². The van der Waals surface area contributed by atoms with E-state index in [9.17, 15) is 9.59 Å². The van der Waals surface area contributed by atoms with Gasteiger partial charge < -0.3 is 9.64 Å². The molecule has 0 N–H and O–H groups in total. The van der Waals surface area contributed by atoms with Crippen LogP contribution in [0.5, 0.6) is 0 Å². The summed E-state index contributed by atoms with van der Waals surface area (Å²) in [5.41, 5.74) is 5.05. The topological polar surface area (TPSA) is 49.9 Å². The summed E-state index contributed by atoms with van der Waals surface area (Å²) in [5, 5.41) is 0. The van der Waals surface area contributed by atoms with Crippen molar-refractivity contribution in [2.75, 3.05) is 31.7 Å². The molecule has 0 radical (unpaired) electrons. The van der Waals surface area contributed by atoms with E-state index in [2.05, 4.69) is 6.07 Å². The van der Waals surface area contributed by atoms with E-state index in [-0.39, 0.29) is 18.4 Å². The van der Waals surface area contributed by atoms with Crippen LogP contribution in [0, 0.1) is 6.92 Å². The number of ether oxygens (including phenoxy) is 1. The Morgan fingerprint density at radius 2 is 1.74 bits per heavy atom. The highest BCUT2D eigenvalue weighted by molar-refractivity contribution is 6.36. The molecule has 5 nitrogen and oxygen atoms in total. The van der Waals surface area contributed by atoms with Crippen molar-refractivity contribution in [2.45, 2.75) is 13.3 Å². The number of benzene rings is 2. The molecule has 2 aliphatic rings. The molecule has 2 amide bonds. The molecular formula is C22H22N2O3. The monoisotopic (exact) mass is 362 g/mol. The van der Waals surface area contributed by atoms with Crippen LogP contribution in [-0.2, 0) is 20.7 Å². The van der Waals surface area contributed by atoms with Crippen LogP contribution in [0.3, 0.4) is 0 Å². The first-order chi connectivity index (χ1) is 13.1. The third kappa shape index (κ3) is 2.94. The zero-order valence-corrected chi connectivity index (χ0v) is 15.6. The lowest BCUT2D eigenvalue weighted by molar-refractivity contribution is -0.137. The standard InChI is InChI=1S/C22H22N2O3/c1-15-7-9-17(10-8-15)19-20(22(26)24(21(19)25)13-14-27-2)23-12-11-16-5-3-4-6-18(16)23/h3-10H,11-14H2,1-2H3. The van der Waals surface area contributed by atoms with E-state index < -0.39 is 0 Å². The highest BCUT2D eigenvalue weighted by Crippen LogP contribution is 2.38. The predicted octanol–water partition coefficient (Wildman–Crippen LogP) is 2.78. The first-order valence-corrected chi connectivity index (χ1v) is 9.13. The summed E-state index contributed by atoms with van der Waals surface area (Å²) >= 11 is 0. The number of hydrogen-bond acceptors (Lipinski definition) is 4. The second-order valence-corrected chi connectivity index (χ2v) is 6.87. The van der Waals surface area contributed by atoms with E-state index in [4.69, 9.17) is 4.74 Å². The van der Waals surface area contributed by atoms with Gasteiger partial charge in [0.15, 0.2) is 0 Å². The molecule has 2 aromatic carbocycles. The van der Waals surface area contributed by atoms with Crippen molar-refractivity contribution in [3.63, 3.8) is 0 Å². The van der Waals surface area contributed by atoms with Crippen molar-refractivity contribution in [1.29, 1.82) is 0 Å². The number of nitrogens with zero attached hydrogens (tertiary/aromatic N) is 2. The smallest absolute Gasteiger partial charge is 0.278 e. The van der Waals surface area contributed by atoms with Gasteiger partial charge in [-0.15, -0.1) is 0 Å². The number of aryl methyl sites for hydroxylation is 1. The van der Waals surface area contributed by atoms with Gasteiger partial charge >= 0.3 is 0 Å². The summed E-state index contributed by atoms with van der Waals surface area (Å²) in [5.74, 6) is -0.496. The molecule has 2 heterocycles. The fourth-order valence-electron chi connectivity index (χ4n) is 3.75. The van der Waals surface area contributed by atoms with E-state index in [1.165, 1.54) is 10.5 Å². The lowest BCUT2D eigenvalue weighted by Gasteiger charge is -2.21. The highest BCUT2D eigenvalue weighted by atomic mass is 16.5. The fourth-order valence-corrected chi connectivity index (χ4v) is 3.75. The zero-order chi connectivity index (χ0) is 19.0. The molecule has 2 aliphatic heterocycles. The van der Waals surface area contributed by atoms with Crippen molar-refractivity contribution in [2.24, 2.45) is 0 Å². The van der Waals surface area contributed by atoms with Gasteiger partial charge in [-0.05, 0) is 30.5 Å². The average Bonchev–Trinajstić information content (AvgIpc) is 3.20. The van der Waals surface area contributed by atoms with E-state index in [1.807, 2.05) is 54.3 Å². The molecular weight excluding hydrogens is 340 g/mol. The molecule has 0 aromatic heterocycles. The first-order valence-electron chi connectivity index (χ1n) is 9.13. The summed E-state index contributed by atoms with van der Waals surface area (Å²) in [4.78, 5) is 29.7. The van der Waals surface area contributed by atoms with Gasteiger partial charge in [-0.2, -0.15) is 0 Å². The van der Waals surface area contributed by atoms with Gasteiger partial charge in [0, 0.05) is 19.3 Å². The maximum absolute atomic E-state index is 13.2. The predicted molar refractivity (Wildman–Crippen MR) is 104 cm³/mol. The van der Waals surface area contributed by atoms with Crippen LogP contribution in [0.15, 0.2) is 54.2 Å². The molecule has 0 spiro atoms. The third-order valence-corrected chi connectivity index (χ3v) is 5.16. The molecule has 0 bridgehead atoms. The molecule has 2 aromatic rings. The van der Waals surface area contributed by atoms with Crippen molar-refractivity contribution in [1.82, 2.24) is 4.90 Å². The van der Waals surface area contributed by atoms with Gasteiger partial charge in [-0.3, -0.25) is 14.5 Å². The van der Waals surface area contributed by atoms with Crippen LogP contribution >= 0.6 is 0 Å². The third-order valence-electron chi connectivity index (χ3n) is 5.16. The average molecular weight is 362 g/mol. The number of methoxy groups -OCH3 is 1. The summed E-state index contributed by atoms with van der Waals surface area (Å²) in [6.45, 7) is 3.27. The number of carbonyl (C=O) groups excluding carboxylic acids is 2. The molecule has 27 heavy (non-hydrogen) atoms. The van der Waals surface area contributed by atoms with Gasteiger partial charge in [0.05, 0.1) is 18.7 Å². The SMILES string of the molecule is COCCN1C(=O)C(c2ccc(C)cc2)=C(N2CCc3ccccc32)C1=O. The lowest BCUT2D eigenvalue weighted by Crippen LogP contribution is -2.37. The number of fused-ring (bicyclic) bond motifs is 1. The van der Waals surface area contributed by atoms with E-state index in [0.29, 0.717) is 24.4 Å². The summed E-state index contributed by atoms with van der Waals surface area (Å²) in [6, 6.07) is 15.8. The van der Waals surface area contributed by atoms with Crippen LogP contribution < -0.4 is 4.90 Å². The Morgan fingerprint density at radius 1 is 1.00 bits per heavy atom. The lowest BCUT2D eigenvalue weighted by atomic mass is 10.0. The second kappa shape index (κ2) is 7.00. The van der Waals surface area contributed by atoms with Gasteiger partial charge in [-0.1, -0.05) is 48.0 Å². The number of anilines is 1. The van der Waals surface area contributed by atoms with E-state index in [1.54, 1.807) is 7.11 Å². The maximum atomic E-state index is 13.2. The summed E-state index contributed by atoms with van der Waals surface area (Å²) < 4.78 is 5.10. The molecule has 0 fully saturated rings. The molecule has 138 valence electrons. The van der Waals surface area contributed by atoms with Crippen LogP contribution in [-0.4, -0.2) is 43.5 Å². The number of para-hydroxylation sites is 1. The Balaban J connectivity index is 1.83. The number of hydrogen-bond donors (Lipinski definition) is 0. The van der Waals surface area contributed by atoms with Gasteiger partial charge in [0.2, 0.25) is 0 Å². The largest absolute Gasteiger partial charge is 0.383 e. The maximum Gasteiger partial charge on any atom is 0.278 e. The van der Waals surface area contributed by atoms with Crippen LogP contribution in [0.1, 0.15) is 16.7 Å². The number of imide groups is 1. The van der Waals surface area contributed by atoms with Crippen LogP contribution in [0.25, 0.3) is 5.57 Å². The van der Waals surface area contributed by atoms with Crippen molar-refractivity contribution in [3.8, 4) is 0 Å². The Hall–Kier alpha value is -2.92. The Bertz CT molecular complexity index is 931. The minimum absolute atomic E-state index is 0.246. The summed E-state index contributed by atoms with van der Waals surface area (Å²) in [7, 11) is 1.57. The minimum atomic E-state index is -0.250. The molecule has 0 unspecified atom stereocenters. The molecule has 0 atom stereocenters. The van der Waals surface area contributed by atoms with Gasteiger partial charge in [-0.25, -0.2) is 0 Å². The highest BCUT2D eigenvalue weighted by Gasteiger charge is 2.42. The number of rotatable bonds is 5. The van der Waals surface area contributed by atoms with E-state index in [0.717, 1.165) is 23.2 Å². The summed E-state index contributed by atoms with van der Waals surface area (Å²) in [6.07, 6.45) is 0.862. The van der Waals surface area contributed by atoms with Crippen molar-refractivity contribution in [3.05, 3.63) is 70.9 Å². The van der Waals surface area contributed by atoms with E-state index >= 15 is 0 Å². The fraction of sp³-hybridized carbons (Fsp3) is 0.273.